The van der Waals surface area contributed by atoms with E-state index in [-0.39, 0.29) is 12.0 Å². The molecule has 2 aliphatic heterocycles. The second kappa shape index (κ2) is 6.92. The van der Waals surface area contributed by atoms with E-state index in [0.29, 0.717) is 18.4 Å². The Labute approximate surface area is 148 Å². The summed E-state index contributed by atoms with van der Waals surface area (Å²) in [5, 5.41) is 3.20. The molecule has 136 valence electrons. The molecule has 2 saturated heterocycles. The smallest absolute Gasteiger partial charge is 0.230 e. The largest absolute Gasteiger partial charge is 0.481 e. The van der Waals surface area contributed by atoms with E-state index < -0.39 is 5.41 Å². The molecule has 1 amide bonds. The summed E-state index contributed by atoms with van der Waals surface area (Å²) in [6.07, 6.45) is 6.01. The number of nitrogens with one attached hydrogen (secondary N) is 1. The predicted octanol–water partition coefficient (Wildman–Crippen LogP) is 1.60. The topological polar surface area (TPSA) is 63.7 Å². The van der Waals surface area contributed by atoms with Crippen LogP contribution in [0.2, 0.25) is 0 Å². The number of rotatable bonds is 6. The summed E-state index contributed by atoms with van der Waals surface area (Å²) in [6.45, 7) is 3.93. The van der Waals surface area contributed by atoms with E-state index >= 15 is 0 Å². The van der Waals surface area contributed by atoms with Crippen LogP contribution in [0.4, 0.5) is 0 Å². The fourth-order valence-corrected chi connectivity index (χ4v) is 4.19. The van der Waals surface area contributed by atoms with Crippen molar-refractivity contribution in [2.45, 2.75) is 38.3 Å². The van der Waals surface area contributed by atoms with Crippen LogP contribution in [0.25, 0.3) is 0 Å². The fraction of sp³-hybridized carbons (Fsp3) is 0.684. The second-order valence-corrected chi connectivity index (χ2v) is 7.59. The summed E-state index contributed by atoms with van der Waals surface area (Å²) in [6, 6.07) is 3.98. The first-order valence-electron chi connectivity index (χ1n) is 9.31. The van der Waals surface area contributed by atoms with E-state index in [4.69, 9.17) is 9.47 Å². The molecule has 6 nitrogen and oxygen atoms in total. The molecule has 0 bridgehead atoms. The van der Waals surface area contributed by atoms with Crippen molar-refractivity contribution in [2.75, 3.05) is 33.4 Å². The van der Waals surface area contributed by atoms with Gasteiger partial charge in [-0.25, -0.2) is 4.98 Å². The van der Waals surface area contributed by atoms with Crippen LogP contribution in [-0.2, 0) is 16.1 Å². The van der Waals surface area contributed by atoms with Crippen molar-refractivity contribution in [3.8, 4) is 5.88 Å². The van der Waals surface area contributed by atoms with Gasteiger partial charge >= 0.3 is 0 Å². The van der Waals surface area contributed by atoms with Crippen molar-refractivity contribution in [2.24, 2.45) is 11.3 Å². The molecule has 6 heteroatoms. The number of carbonyl (C=O) groups is 1. The van der Waals surface area contributed by atoms with Gasteiger partial charge in [-0.05, 0) is 37.7 Å². The maximum absolute atomic E-state index is 13.0. The lowest BCUT2D eigenvalue weighted by Gasteiger charge is -2.42. The molecule has 1 aromatic heterocycles. The van der Waals surface area contributed by atoms with Gasteiger partial charge in [0.05, 0.1) is 18.6 Å². The van der Waals surface area contributed by atoms with Gasteiger partial charge in [-0.2, -0.15) is 0 Å². The molecular weight excluding hydrogens is 318 g/mol. The van der Waals surface area contributed by atoms with Gasteiger partial charge in [0.15, 0.2) is 0 Å². The lowest BCUT2D eigenvalue weighted by atomic mass is 9.75. The van der Waals surface area contributed by atoms with Crippen LogP contribution >= 0.6 is 0 Å². The number of aromatic nitrogens is 1. The lowest BCUT2D eigenvalue weighted by Crippen LogP contribution is -2.57. The van der Waals surface area contributed by atoms with Gasteiger partial charge < -0.3 is 14.8 Å². The normalized spacial score (nSPS) is 29.2. The van der Waals surface area contributed by atoms with Gasteiger partial charge in [0.25, 0.3) is 0 Å². The summed E-state index contributed by atoms with van der Waals surface area (Å²) >= 11 is 0. The Balaban J connectivity index is 1.47. The number of methoxy groups -OCH3 is 1. The van der Waals surface area contributed by atoms with Crippen molar-refractivity contribution >= 4 is 5.91 Å². The number of hydrogen-bond acceptors (Lipinski definition) is 5. The number of piperidine rings is 1. The van der Waals surface area contributed by atoms with E-state index in [1.165, 1.54) is 12.8 Å². The van der Waals surface area contributed by atoms with Crippen molar-refractivity contribution in [3.63, 3.8) is 0 Å². The SMILES string of the molecule is COc1ncccc1CN1CC[C@H]2OCC[C@@]2(C(=O)NCC2CC2)C1. The van der Waals surface area contributed by atoms with E-state index in [1.807, 2.05) is 12.1 Å². The van der Waals surface area contributed by atoms with E-state index in [2.05, 4.69) is 15.2 Å². The molecule has 0 spiro atoms. The number of likely N-dealkylation sites (tertiary alicyclic amines) is 1. The first-order valence-corrected chi connectivity index (χ1v) is 9.31. The molecule has 2 atom stereocenters. The molecule has 3 aliphatic rings. The highest BCUT2D eigenvalue weighted by molar-refractivity contribution is 5.84. The highest BCUT2D eigenvalue weighted by Crippen LogP contribution is 2.42. The van der Waals surface area contributed by atoms with Crippen molar-refractivity contribution in [1.82, 2.24) is 15.2 Å². The maximum Gasteiger partial charge on any atom is 0.230 e. The second-order valence-electron chi connectivity index (χ2n) is 7.59. The highest BCUT2D eigenvalue weighted by Gasteiger charge is 2.53. The van der Waals surface area contributed by atoms with Crippen LogP contribution in [0, 0.1) is 11.3 Å². The van der Waals surface area contributed by atoms with E-state index in [0.717, 1.165) is 44.6 Å². The summed E-state index contributed by atoms with van der Waals surface area (Å²) in [5.74, 6) is 1.55. The zero-order chi connectivity index (χ0) is 17.3. The highest BCUT2D eigenvalue weighted by atomic mass is 16.5. The van der Waals surface area contributed by atoms with Gasteiger partial charge in [-0.1, -0.05) is 6.07 Å². The molecule has 1 aromatic rings. The van der Waals surface area contributed by atoms with Crippen LogP contribution in [0.15, 0.2) is 18.3 Å². The molecule has 3 heterocycles. The Morgan fingerprint density at radius 1 is 1.48 bits per heavy atom. The van der Waals surface area contributed by atoms with Crippen molar-refractivity contribution in [3.05, 3.63) is 23.9 Å². The van der Waals surface area contributed by atoms with Gasteiger partial charge in [0.2, 0.25) is 11.8 Å². The first-order chi connectivity index (χ1) is 12.2. The van der Waals surface area contributed by atoms with E-state index in [9.17, 15) is 4.79 Å². The van der Waals surface area contributed by atoms with Crippen LogP contribution < -0.4 is 10.1 Å². The average molecular weight is 345 g/mol. The monoisotopic (exact) mass is 345 g/mol. The minimum atomic E-state index is -0.400. The lowest BCUT2D eigenvalue weighted by molar-refractivity contribution is -0.139. The molecule has 0 aromatic carbocycles. The van der Waals surface area contributed by atoms with Crippen molar-refractivity contribution < 1.29 is 14.3 Å². The minimum absolute atomic E-state index is 0.0544. The summed E-state index contributed by atoms with van der Waals surface area (Å²) < 4.78 is 11.3. The molecule has 0 unspecified atom stereocenters. The third-order valence-electron chi connectivity index (χ3n) is 5.83. The molecule has 3 fully saturated rings. The Morgan fingerprint density at radius 3 is 3.16 bits per heavy atom. The standard InChI is InChI=1S/C19H27N3O3/c1-24-17-15(3-2-8-20-17)12-22-9-6-16-19(13-22,7-10-25-16)18(23)21-11-14-4-5-14/h2-3,8,14,16H,4-7,9-13H2,1H3,(H,21,23)/t16-,19-/m1/s1. The first kappa shape index (κ1) is 16.8. The van der Waals surface area contributed by atoms with E-state index in [1.54, 1.807) is 13.3 Å². The van der Waals surface area contributed by atoms with Gasteiger partial charge in [0.1, 0.15) is 0 Å². The predicted molar refractivity (Wildman–Crippen MR) is 93.2 cm³/mol. The molecular formula is C19H27N3O3. The molecule has 1 saturated carbocycles. The Hall–Kier alpha value is -1.66. The molecule has 25 heavy (non-hydrogen) atoms. The number of fused-ring (bicyclic) bond motifs is 1. The van der Waals surface area contributed by atoms with Gasteiger partial charge in [-0.15, -0.1) is 0 Å². The minimum Gasteiger partial charge on any atom is -0.481 e. The van der Waals surface area contributed by atoms with Gasteiger partial charge in [0, 0.05) is 44.5 Å². The third-order valence-corrected chi connectivity index (χ3v) is 5.83. The molecule has 1 aliphatic carbocycles. The number of nitrogens with zero attached hydrogens (tertiary/aromatic N) is 2. The Bertz CT molecular complexity index is 634. The zero-order valence-electron chi connectivity index (χ0n) is 14.9. The summed E-state index contributed by atoms with van der Waals surface area (Å²) in [5.41, 5.74) is 0.665. The number of carbonyl (C=O) groups excluding carboxylic acids is 1. The number of hydrogen-bond donors (Lipinski definition) is 1. The van der Waals surface area contributed by atoms with Crippen LogP contribution in [0.5, 0.6) is 5.88 Å². The quantitative estimate of drug-likeness (QED) is 0.848. The number of amides is 1. The molecule has 0 radical (unpaired) electrons. The zero-order valence-corrected chi connectivity index (χ0v) is 14.9. The third kappa shape index (κ3) is 3.37. The number of ether oxygens (including phenoxy) is 2. The van der Waals surface area contributed by atoms with Gasteiger partial charge in [-0.3, -0.25) is 9.69 Å². The molecule has 1 N–H and O–H groups in total. The average Bonchev–Trinajstić information content (AvgIpc) is 3.37. The Kier molecular flexibility index (Phi) is 4.65. The van der Waals surface area contributed by atoms with Crippen LogP contribution in [-0.4, -0.2) is 55.2 Å². The summed E-state index contributed by atoms with van der Waals surface area (Å²) in [7, 11) is 1.65. The summed E-state index contributed by atoms with van der Waals surface area (Å²) in [4.78, 5) is 19.6. The Morgan fingerprint density at radius 2 is 2.36 bits per heavy atom. The maximum atomic E-state index is 13.0. The van der Waals surface area contributed by atoms with Crippen molar-refractivity contribution in [1.29, 1.82) is 0 Å². The molecule has 4 rings (SSSR count). The number of pyridine rings is 1. The van der Waals surface area contributed by atoms with Crippen LogP contribution in [0.1, 0.15) is 31.2 Å². The van der Waals surface area contributed by atoms with Crippen LogP contribution in [0.3, 0.4) is 0 Å². The fourth-order valence-electron chi connectivity index (χ4n) is 4.19.